The average molecular weight is 290 g/mol. The third kappa shape index (κ3) is 4.03. The molecule has 1 fully saturated rings. The minimum Gasteiger partial charge on any atom is -0.395 e. The van der Waals surface area contributed by atoms with Crippen LogP contribution in [-0.2, 0) is 11.3 Å². The fraction of sp³-hybridized carbons (Fsp3) is 0.438. The van der Waals surface area contributed by atoms with E-state index in [1.165, 1.54) is 12.1 Å². The van der Waals surface area contributed by atoms with E-state index in [4.69, 9.17) is 10.8 Å². The maximum Gasteiger partial charge on any atom is 0.234 e. The van der Waals surface area contributed by atoms with Crippen molar-refractivity contribution in [2.45, 2.75) is 31.8 Å². The van der Waals surface area contributed by atoms with E-state index >= 15 is 0 Å². The van der Waals surface area contributed by atoms with Gasteiger partial charge in [-0.2, -0.15) is 0 Å². The van der Waals surface area contributed by atoms with Crippen LogP contribution >= 0.6 is 0 Å². The predicted octanol–water partition coefficient (Wildman–Crippen LogP) is 1.01. The highest BCUT2D eigenvalue weighted by molar-refractivity contribution is 5.80. The van der Waals surface area contributed by atoms with Crippen LogP contribution in [0.2, 0.25) is 0 Å². The third-order valence-corrected chi connectivity index (χ3v) is 3.60. The van der Waals surface area contributed by atoms with Gasteiger partial charge in [-0.05, 0) is 37.1 Å². The molecule has 0 spiro atoms. The Morgan fingerprint density at radius 1 is 1.52 bits per heavy atom. The minimum absolute atomic E-state index is 0.0203. The van der Waals surface area contributed by atoms with Crippen LogP contribution in [0.1, 0.15) is 30.4 Å². The molecule has 1 heterocycles. The number of aliphatic hydroxyl groups excluding tert-OH is 1. The summed E-state index contributed by atoms with van der Waals surface area (Å²) in [5.41, 5.74) is 6.87. The molecule has 1 unspecified atom stereocenters. The molecule has 21 heavy (non-hydrogen) atoms. The molecule has 112 valence electrons. The summed E-state index contributed by atoms with van der Waals surface area (Å²) >= 11 is 0. The van der Waals surface area contributed by atoms with Gasteiger partial charge in [0.1, 0.15) is 5.82 Å². The molecule has 1 aromatic rings. The lowest BCUT2D eigenvalue weighted by atomic mass is 10.1. The highest BCUT2D eigenvalue weighted by Gasteiger charge is 2.29. The van der Waals surface area contributed by atoms with Gasteiger partial charge in [-0.25, -0.2) is 4.39 Å². The number of likely N-dealkylation sites (tertiary alicyclic amines) is 1. The summed E-state index contributed by atoms with van der Waals surface area (Å²) in [7, 11) is 0. The van der Waals surface area contributed by atoms with Crippen LogP contribution in [0.4, 0.5) is 4.39 Å². The van der Waals surface area contributed by atoms with Crippen LogP contribution in [0.3, 0.4) is 0 Å². The van der Waals surface area contributed by atoms with Gasteiger partial charge in [0.25, 0.3) is 0 Å². The minimum atomic E-state index is -0.347. The molecule has 0 bridgehead atoms. The molecule has 0 aliphatic carbocycles. The van der Waals surface area contributed by atoms with Gasteiger partial charge in [-0.3, -0.25) is 9.69 Å². The molecule has 5 heteroatoms. The van der Waals surface area contributed by atoms with E-state index in [0.29, 0.717) is 18.5 Å². The number of carbonyl (C=O) groups excluding carboxylic acids is 1. The smallest absolute Gasteiger partial charge is 0.234 e. The zero-order valence-corrected chi connectivity index (χ0v) is 11.8. The predicted molar refractivity (Wildman–Crippen MR) is 77.6 cm³/mol. The summed E-state index contributed by atoms with van der Waals surface area (Å²) in [6, 6.07) is 4.21. The zero-order valence-electron chi connectivity index (χ0n) is 11.8. The average Bonchev–Trinajstić information content (AvgIpc) is 2.90. The van der Waals surface area contributed by atoms with Crippen molar-refractivity contribution in [3.8, 4) is 11.8 Å². The van der Waals surface area contributed by atoms with Gasteiger partial charge < -0.3 is 10.8 Å². The standard InChI is InChI=1S/C16H19FN2O2/c17-14-7-6-13(12(10-14)4-1-2-9-20)11-19-8-3-5-15(19)16(18)21/h6-7,10,15,20H,2-3,5,8-9,11H2,(H2,18,21). The molecule has 1 atom stereocenters. The van der Waals surface area contributed by atoms with Gasteiger partial charge in [0.15, 0.2) is 0 Å². The Morgan fingerprint density at radius 3 is 3.05 bits per heavy atom. The Morgan fingerprint density at radius 2 is 2.33 bits per heavy atom. The number of hydrogen-bond acceptors (Lipinski definition) is 3. The molecule has 4 nitrogen and oxygen atoms in total. The van der Waals surface area contributed by atoms with E-state index in [1.54, 1.807) is 6.07 Å². The van der Waals surface area contributed by atoms with Gasteiger partial charge in [-0.15, -0.1) is 0 Å². The van der Waals surface area contributed by atoms with E-state index in [9.17, 15) is 9.18 Å². The van der Waals surface area contributed by atoms with E-state index in [-0.39, 0.29) is 24.4 Å². The molecule has 1 amide bonds. The number of carbonyl (C=O) groups is 1. The lowest BCUT2D eigenvalue weighted by Gasteiger charge is -2.22. The monoisotopic (exact) mass is 290 g/mol. The first-order chi connectivity index (χ1) is 10.1. The fourth-order valence-corrected chi connectivity index (χ4v) is 2.57. The Kier molecular flexibility index (Phi) is 5.32. The Labute approximate surface area is 123 Å². The lowest BCUT2D eigenvalue weighted by molar-refractivity contribution is -0.122. The number of benzene rings is 1. The maximum atomic E-state index is 13.4. The first kappa shape index (κ1) is 15.5. The van der Waals surface area contributed by atoms with E-state index < -0.39 is 0 Å². The van der Waals surface area contributed by atoms with E-state index in [2.05, 4.69) is 11.8 Å². The van der Waals surface area contributed by atoms with Crippen LogP contribution < -0.4 is 5.73 Å². The van der Waals surface area contributed by atoms with Crippen molar-refractivity contribution in [3.05, 3.63) is 35.1 Å². The van der Waals surface area contributed by atoms with Crippen molar-refractivity contribution in [3.63, 3.8) is 0 Å². The second-order valence-corrected chi connectivity index (χ2v) is 5.11. The first-order valence-corrected chi connectivity index (χ1v) is 7.03. The van der Waals surface area contributed by atoms with Crippen molar-refractivity contribution < 1.29 is 14.3 Å². The molecule has 1 aromatic carbocycles. The van der Waals surface area contributed by atoms with Crippen LogP contribution in [0.25, 0.3) is 0 Å². The summed E-state index contributed by atoms with van der Waals surface area (Å²) in [6.07, 6.45) is 2.05. The van der Waals surface area contributed by atoms with E-state index in [1.807, 2.05) is 4.90 Å². The molecular formula is C16H19FN2O2. The highest BCUT2D eigenvalue weighted by Crippen LogP contribution is 2.21. The van der Waals surface area contributed by atoms with Gasteiger partial charge in [0.05, 0.1) is 12.6 Å². The summed E-state index contributed by atoms with van der Waals surface area (Å²) in [5, 5.41) is 8.76. The largest absolute Gasteiger partial charge is 0.395 e. The number of aliphatic hydroxyl groups is 1. The van der Waals surface area contributed by atoms with Gasteiger partial charge in [-0.1, -0.05) is 17.9 Å². The van der Waals surface area contributed by atoms with Crippen molar-refractivity contribution in [1.82, 2.24) is 4.90 Å². The van der Waals surface area contributed by atoms with E-state index in [0.717, 1.165) is 24.9 Å². The molecule has 1 aliphatic rings. The summed E-state index contributed by atoms with van der Waals surface area (Å²) in [5.74, 6) is 5.02. The van der Waals surface area contributed by atoms with Gasteiger partial charge >= 0.3 is 0 Å². The quantitative estimate of drug-likeness (QED) is 0.813. The Bertz CT molecular complexity index is 577. The maximum absolute atomic E-state index is 13.4. The second kappa shape index (κ2) is 7.21. The summed E-state index contributed by atoms with van der Waals surface area (Å²) < 4.78 is 13.4. The summed E-state index contributed by atoms with van der Waals surface area (Å²) in [6.45, 7) is 1.30. The Hall–Kier alpha value is -1.90. The third-order valence-electron chi connectivity index (χ3n) is 3.60. The number of primary amides is 1. The van der Waals surface area contributed by atoms with Crippen molar-refractivity contribution >= 4 is 5.91 Å². The number of hydrogen-bond donors (Lipinski definition) is 2. The number of halogens is 1. The number of amides is 1. The molecule has 1 saturated heterocycles. The summed E-state index contributed by atoms with van der Waals surface area (Å²) in [4.78, 5) is 13.4. The van der Waals surface area contributed by atoms with Crippen molar-refractivity contribution in [2.75, 3.05) is 13.2 Å². The molecular weight excluding hydrogens is 271 g/mol. The Balaban J connectivity index is 2.19. The van der Waals surface area contributed by atoms with Gasteiger partial charge in [0, 0.05) is 18.5 Å². The number of nitrogens with zero attached hydrogens (tertiary/aromatic N) is 1. The molecule has 0 radical (unpaired) electrons. The first-order valence-electron chi connectivity index (χ1n) is 7.03. The highest BCUT2D eigenvalue weighted by atomic mass is 19.1. The molecule has 3 N–H and O–H groups in total. The van der Waals surface area contributed by atoms with Crippen molar-refractivity contribution in [1.29, 1.82) is 0 Å². The fourth-order valence-electron chi connectivity index (χ4n) is 2.57. The molecule has 2 rings (SSSR count). The van der Waals surface area contributed by atoms with Crippen molar-refractivity contribution in [2.24, 2.45) is 5.73 Å². The lowest BCUT2D eigenvalue weighted by Crippen LogP contribution is -2.39. The molecule has 0 saturated carbocycles. The topological polar surface area (TPSA) is 66.6 Å². The SMILES string of the molecule is NC(=O)C1CCCN1Cc1ccc(F)cc1C#CCCO. The normalized spacial score (nSPS) is 18.3. The number of nitrogens with two attached hydrogens (primary N) is 1. The van der Waals surface area contributed by atoms with Gasteiger partial charge in [0.2, 0.25) is 5.91 Å². The van der Waals surface area contributed by atoms with Crippen LogP contribution in [0.5, 0.6) is 0 Å². The zero-order chi connectivity index (χ0) is 15.2. The van der Waals surface area contributed by atoms with Crippen LogP contribution in [0.15, 0.2) is 18.2 Å². The van der Waals surface area contributed by atoms with Crippen LogP contribution in [-0.4, -0.2) is 35.1 Å². The molecule has 0 aromatic heterocycles. The van der Waals surface area contributed by atoms with Crippen LogP contribution in [0, 0.1) is 17.7 Å². The molecule has 1 aliphatic heterocycles. The second-order valence-electron chi connectivity index (χ2n) is 5.11. The number of rotatable bonds is 4.